The highest BCUT2D eigenvalue weighted by Crippen LogP contribution is 2.38. The Labute approximate surface area is 143 Å². The molecule has 126 valence electrons. The van der Waals surface area contributed by atoms with Gasteiger partial charge in [-0.1, -0.05) is 30.3 Å². The number of methoxy groups -OCH3 is 1. The first kappa shape index (κ1) is 17.8. The van der Waals surface area contributed by atoms with Crippen molar-refractivity contribution in [3.05, 3.63) is 63.7 Å². The zero-order valence-corrected chi connectivity index (χ0v) is 14.2. The normalized spacial score (nSPS) is 10.2. The molecule has 7 heteroatoms. The van der Waals surface area contributed by atoms with Crippen LogP contribution >= 0.6 is 11.8 Å². The summed E-state index contributed by atoms with van der Waals surface area (Å²) in [5.41, 5.74) is 1.42. The van der Waals surface area contributed by atoms with Gasteiger partial charge in [-0.15, -0.1) is 11.8 Å². The van der Waals surface area contributed by atoms with Crippen molar-refractivity contribution in [2.24, 2.45) is 0 Å². The molecule has 0 atom stereocenters. The first-order chi connectivity index (χ1) is 11.5. The van der Waals surface area contributed by atoms with Crippen molar-refractivity contribution in [3.63, 3.8) is 0 Å². The summed E-state index contributed by atoms with van der Waals surface area (Å²) < 4.78 is 10.3. The molecule has 0 saturated carbocycles. The third-order valence-electron chi connectivity index (χ3n) is 3.32. The van der Waals surface area contributed by atoms with E-state index >= 15 is 0 Å². The minimum Gasteiger partial charge on any atom is -0.482 e. The summed E-state index contributed by atoms with van der Waals surface area (Å²) in [6.45, 7) is 0.206. The standard InChI is InChI=1S/C17H17NO5S/c1-22-16(19)10-13-8-14(17(18(20)21)15(9-13)24-2)23-11-12-6-4-3-5-7-12/h3-9H,10-11H2,1-2H3. The lowest BCUT2D eigenvalue weighted by atomic mass is 10.1. The number of nitro benzene ring substituents is 1. The van der Waals surface area contributed by atoms with E-state index in [0.717, 1.165) is 5.56 Å². The van der Waals surface area contributed by atoms with E-state index in [-0.39, 0.29) is 24.5 Å². The molecule has 6 nitrogen and oxygen atoms in total. The molecule has 0 heterocycles. The zero-order chi connectivity index (χ0) is 17.5. The van der Waals surface area contributed by atoms with Crippen LogP contribution in [0.1, 0.15) is 11.1 Å². The average Bonchev–Trinajstić information content (AvgIpc) is 2.59. The number of carbonyl (C=O) groups excluding carboxylic acids is 1. The van der Waals surface area contributed by atoms with Crippen molar-refractivity contribution in [1.82, 2.24) is 0 Å². The molecule has 0 radical (unpaired) electrons. The third kappa shape index (κ3) is 4.48. The number of hydrogen-bond donors (Lipinski definition) is 0. The molecule has 2 aromatic carbocycles. The van der Waals surface area contributed by atoms with Crippen molar-refractivity contribution >= 4 is 23.4 Å². The van der Waals surface area contributed by atoms with Crippen molar-refractivity contribution in [2.75, 3.05) is 13.4 Å². The molecule has 0 aliphatic carbocycles. The molecule has 0 fully saturated rings. The van der Waals surface area contributed by atoms with E-state index in [9.17, 15) is 14.9 Å². The van der Waals surface area contributed by atoms with Crippen LogP contribution in [-0.4, -0.2) is 24.3 Å². The van der Waals surface area contributed by atoms with Crippen LogP contribution < -0.4 is 4.74 Å². The summed E-state index contributed by atoms with van der Waals surface area (Å²) in [6.07, 6.45) is 1.77. The van der Waals surface area contributed by atoms with Gasteiger partial charge in [-0.25, -0.2) is 0 Å². The van der Waals surface area contributed by atoms with Crippen LogP contribution in [0.4, 0.5) is 5.69 Å². The Morgan fingerprint density at radius 2 is 1.92 bits per heavy atom. The first-order valence-corrected chi connectivity index (χ1v) is 8.36. The van der Waals surface area contributed by atoms with Gasteiger partial charge in [0, 0.05) is 0 Å². The van der Waals surface area contributed by atoms with E-state index in [1.165, 1.54) is 24.9 Å². The van der Waals surface area contributed by atoms with Gasteiger partial charge >= 0.3 is 11.7 Å². The predicted octanol–water partition coefficient (Wildman–Crippen LogP) is 3.61. The second-order valence-corrected chi connectivity index (χ2v) is 5.78. The topological polar surface area (TPSA) is 78.7 Å². The highest BCUT2D eigenvalue weighted by Gasteiger charge is 2.23. The van der Waals surface area contributed by atoms with Crippen LogP contribution in [0.5, 0.6) is 5.75 Å². The number of thioether (sulfide) groups is 1. The fourth-order valence-electron chi connectivity index (χ4n) is 2.16. The lowest BCUT2D eigenvalue weighted by molar-refractivity contribution is -0.388. The van der Waals surface area contributed by atoms with Crippen molar-refractivity contribution in [3.8, 4) is 5.75 Å². The Morgan fingerprint density at radius 3 is 2.50 bits per heavy atom. The number of ether oxygens (including phenoxy) is 2. The lowest BCUT2D eigenvalue weighted by Gasteiger charge is -2.11. The van der Waals surface area contributed by atoms with Crippen LogP contribution in [0, 0.1) is 10.1 Å². The van der Waals surface area contributed by atoms with E-state index in [0.29, 0.717) is 10.5 Å². The molecule has 2 aromatic rings. The highest BCUT2D eigenvalue weighted by atomic mass is 32.2. The summed E-state index contributed by atoms with van der Waals surface area (Å²) in [7, 11) is 1.30. The van der Waals surface area contributed by atoms with Crippen LogP contribution in [0.25, 0.3) is 0 Å². The fourth-order valence-corrected chi connectivity index (χ4v) is 2.80. The van der Waals surface area contributed by atoms with Gasteiger partial charge in [0.15, 0.2) is 5.75 Å². The molecule has 24 heavy (non-hydrogen) atoms. The molecular formula is C17H17NO5S. The predicted molar refractivity (Wildman–Crippen MR) is 91.4 cm³/mol. The molecular weight excluding hydrogens is 330 g/mol. The maximum Gasteiger partial charge on any atom is 0.324 e. The van der Waals surface area contributed by atoms with Crippen molar-refractivity contribution in [2.45, 2.75) is 17.9 Å². The summed E-state index contributed by atoms with van der Waals surface area (Å²) in [5, 5.41) is 11.4. The molecule has 0 N–H and O–H groups in total. The minimum absolute atomic E-state index is 0.0315. The van der Waals surface area contributed by atoms with E-state index in [2.05, 4.69) is 4.74 Å². The smallest absolute Gasteiger partial charge is 0.324 e. The molecule has 0 bridgehead atoms. The second-order valence-electron chi connectivity index (χ2n) is 4.93. The lowest BCUT2D eigenvalue weighted by Crippen LogP contribution is -2.06. The summed E-state index contributed by atoms with van der Waals surface area (Å²) in [6, 6.07) is 12.5. The first-order valence-electron chi connectivity index (χ1n) is 7.14. The maximum absolute atomic E-state index is 11.5. The largest absolute Gasteiger partial charge is 0.482 e. The van der Waals surface area contributed by atoms with Gasteiger partial charge in [-0.05, 0) is 29.5 Å². The molecule has 0 amide bonds. The Morgan fingerprint density at radius 1 is 1.21 bits per heavy atom. The Hall–Kier alpha value is -2.54. The van der Waals surface area contributed by atoms with Crippen LogP contribution in [-0.2, 0) is 22.6 Å². The fraction of sp³-hybridized carbons (Fsp3) is 0.235. The SMILES string of the molecule is COC(=O)Cc1cc(OCc2ccccc2)c([N+](=O)[O-])c(SC)c1. The van der Waals surface area contributed by atoms with E-state index in [1.54, 1.807) is 12.3 Å². The van der Waals surface area contributed by atoms with Crippen LogP contribution in [0.2, 0.25) is 0 Å². The average molecular weight is 347 g/mol. The Kier molecular flexibility index (Phi) is 6.20. The van der Waals surface area contributed by atoms with Crippen LogP contribution in [0.3, 0.4) is 0 Å². The molecule has 0 aromatic heterocycles. The molecule has 0 unspecified atom stereocenters. The Balaban J connectivity index is 2.35. The molecule has 0 aliphatic heterocycles. The second kappa shape index (κ2) is 8.35. The number of esters is 1. The van der Waals surface area contributed by atoms with E-state index < -0.39 is 10.9 Å². The zero-order valence-electron chi connectivity index (χ0n) is 13.4. The van der Waals surface area contributed by atoms with E-state index in [4.69, 9.17) is 4.74 Å². The summed E-state index contributed by atoms with van der Waals surface area (Å²) in [5.74, 6) is -0.264. The quantitative estimate of drug-likeness (QED) is 0.329. The van der Waals surface area contributed by atoms with Crippen molar-refractivity contribution < 1.29 is 19.2 Å². The maximum atomic E-state index is 11.5. The van der Waals surface area contributed by atoms with Gasteiger partial charge in [-0.2, -0.15) is 0 Å². The van der Waals surface area contributed by atoms with Crippen molar-refractivity contribution in [1.29, 1.82) is 0 Å². The number of hydrogen-bond acceptors (Lipinski definition) is 6. The van der Waals surface area contributed by atoms with Gasteiger partial charge in [-0.3, -0.25) is 14.9 Å². The number of carbonyl (C=O) groups is 1. The Bertz CT molecular complexity index is 733. The summed E-state index contributed by atoms with van der Waals surface area (Å²) >= 11 is 1.23. The third-order valence-corrected chi connectivity index (χ3v) is 4.07. The monoisotopic (exact) mass is 347 g/mol. The molecule has 0 aliphatic rings. The minimum atomic E-state index is -0.464. The number of rotatable bonds is 7. The van der Waals surface area contributed by atoms with Gasteiger partial charge in [0.25, 0.3) is 0 Å². The molecule has 2 rings (SSSR count). The number of nitrogens with zero attached hydrogens (tertiary/aromatic N) is 1. The highest BCUT2D eigenvalue weighted by molar-refractivity contribution is 7.98. The van der Waals surface area contributed by atoms with Gasteiger partial charge < -0.3 is 9.47 Å². The van der Waals surface area contributed by atoms with Crippen LogP contribution in [0.15, 0.2) is 47.4 Å². The van der Waals surface area contributed by atoms with Gasteiger partial charge in [0.2, 0.25) is 0 Å². The number of nitro groups is 1. The molecule has 0 spiro atoms. The molecule has 0 saturated heterocycles. The van der Waals surface area contributed by atoms with Gasteiger partial charge in [0.05, 0.1) is 23.3 Å². The van der Waals surface area contributed by atoms with Gasteiger partial charge in [0.1, 0.15) is 6.61 Å². The summed E-state index contributed by atoms with van der Waals surface area (Å²) in [4.78, 5) is 22.9. The number of benzene rings is 2. The van der Waals surface area contributed by atoms with E-state index in [1.807, 2.05) is 30.3 Å².